The minimum absolute atomic E-state index is 0.123. The molecule has 1 atom stereocenters. The molecule has 1 aromatic heterocycles. The lowest BCUT2D eigenvalue weighted by Crippen LogP contribution is -2.23. The highest BCUT2D eigenvalue weighted by Gasteiger charge is 2.24. The molecule has 0 spiro atoms. The average Bonchev–Trinajstić information content (AvgIpc) is 3.03. The maximum atomic E-state index is 12.5. The van der Waals surface area contributed by atoms with Gasteiger partial charge in [0.05, 0.1) is 5.25 Å². The molecular formula is C19H25N5O2S. The zero-order valence-corrected chi connectivity index (χ0v) is 16.5. The Morgan fingerprint density at radius 2 is 1.85 bits per heavy atom. The molecule has 8 heteroatoms. The number of primary amides is 1. The zero-order valence-electron chi connectivity index (χ0n) is 15.6. The predicted octanol–water partition coefficient (Wildman–Crippen LogP) is 3.31. The molecule has 0 saturated heterocycles. The fourth-order valence-corrected chi connectivity index (χ4v) is 4.33. The van der Waals surface area contributed by atoms with E-state index in [0.717, 1.165) is 23.8 Å². The van der Waals surface area contributed by atoms with Gasteiger partial charge in [0, 0.05) is 17.3 Å². The van der Waals surface area contributed by atoms with Gasteiger partial charge < -0.3 is 15.6 Å². The number of aromatic nitrogens is 3. The van der Waals surface area contributed by atoms with Gasteiger partial charge in [0.25, 0.3) is 0 Å². The molecule has 0 radical (unpaired) electrons. The van der Waals surface area contributed by atoms with Gasteiger partial charge in [-0.1, -0.05) is 31.0 Å². The summed E-state index contributed by atoms with van der Waals surface area (Å²) in [6.07, 6.45) is 6.01. The third kappa shape index (κ3) is 4.68. The number of benzene rings is 1. The number of amides is 2. The number of carbonyl (C=O) groups is 2. The first-order valence-corrected chi connectivity index (χ1v) is 10.1. The van der Waals surface area contributed by atoms with Crippen molar-refractivity contribution in [1.82, 2.24) is 14.8 Å². The summed E-state index contributed by atoms with van der Waals surface area (Å²) in [6, 6.07) is 6.96. The lowest BCUT2D eigenvalue weighted by molar-refractivity contribution is -0.115. The quantitative estimate of drug-likeness (QED) is 0.740. The molecule has 1 aliphatic rings. The van der Waals surface area contributed by atoms with Crippen molar-refractivity contribution in [3.8, 4) is 0 Å². The number of aryl methyl sites for hydroxylation is 1. The van der Waals surface area contributed by atoms with Crippen molar-refractivity contribution in [2.45, 2.75) is 62.4 Å². The molecular weight excluding hydrogens is 362 g/mol. The molecule has 3 rings (SSSR count). The van der Waals surface area contributed by atoms with Crippen LogP contribution in [0.15, 0.2) is 29.4 Å². The van der Waals surface area contributed by atoms with Crippen LogP contribution in [0, 0.1) is 6.92 Å². The fraction of sp³-hybridized carbons (Fsp3) is 0.474. The molecule has 2 amide bonds. The number of carbonyl (C=O) groups excluding carboxylic acids is 2. The van der Waals surface area contributed by atoms with Crippen LogP contribution >= 0.6 is 11.8 Å². The van der Waals surface area contributed by atoms with E-state index in [1.165, 1.54) is 31.0 Å². The van der Waals surface area contributed by atoms with Crippen LogP contribution in [0.3, 0.4) is 0 Å². The number of thioether (sulfide) groups is 1. The first-order chi connectivity index (χ1) is 13.0. The highest BCUT2D eigenvalue weighted by molar-refractivity contribution is 8.00. The van der Waals surface area contributed by atoms with Crippen LogP contribution in [0.1, 0.15) is 61.3 Å². The van der Waals surface area contributed by atoms with E-state index < -0.39 is 5.91 Å². The molecule has 7 nitrogen and oxygen atoms in total. The summed E-state index contributed by atoms with van der Waals surface area (Å²) in [6.45, 7) is 3.82. The van der Waals surface area contributed by atoms with E-state index in [1.807, 2.05) is 13.8 Å². The molecule has 1 aromatic carbocycles. The van der Waals surface area contributed by atoms with E-state index in [2.05, 4.69) is 20.1 Å². The molecule has 144 valence electrons. The first-order valence-electron chi connectivity index (χ1n) is 9.24. The van der Waals surface area contributed by atoms with Crippen molar-refractivity contribution < 1.29 is 9.59 Å². The third-order valence-electron chi connectivity index (χ3n) is 4.86. The van der Waals surface area contributed by atoms with Crippen LogP contribution in [0.5, 0.6) is 0 Å². The monoisotopic (exact) mass is 387 g/mol. The Hall–Kier alpha value is -2.35. The number of hydrogen-bond acceptors (Lipinski definition) is 5. The second kappa shape index (κ2) is 8.56. The highest BCUT2D eigenvalue weighted by Crippen LogP contribution is 2.33. The van der Waals surface area contributed by atoms with Crippen molar-refractivity contribution >= 4 is 29.3 Å². The summed E-state index contributed by atoms with van der Waals surface area (Å²) in [5, 5.41) is 11.9. The smallest absolute Gasteiger partial charge is 0.248 e. The lowest BCUT2D eigenvalue weighted by Gasteiger charge is -2.25. The Bertz CT molecular complexity index is 812. The zero-order chi connectivity index (χ0) is 19.4. The standard InChI is InChI=1S/C19H25N5O2S/c1-12(18(26)21-15-10-8-14(9-11-15)17(20)25)27-19-23-22-13(2)24(19)16-6-4-3-5-7-16/h8-12,16H,3-7H2,1-2H3,(H2,20,25)(H,21,26). The summed E-state index contributed by atoms with van der Waals surface area (Å²) < 4.78 is 2.19. The van der Waals surface area contributed by atoms with E-state index in [1.54, 1.807) is 24.3 Å². The topological polar surface area (TPSA) is 103 Å². The molecule has 3 N–H and O–H groups in total. The van der Waals surface area contributed by atoms with Crippen LogP contribution in [0.25, 0.3) is 0 Å². The minimum Gasteiger partial charge on any atom is -0.366 e. The molecule has 0 bridgehead atoms. The summed E-state index contributed by atoms with van der Waals surface area (Å²) in [4.78, 5) is 23.7. The minimum atomic E-state index is -0.491. The average molecular weight is 388 g/mol. The maximum absolute atomic E-state index is 12.5. The van der Waals surface area contributed by atoms with Crippen LogP contribution in [-0.2, 0) is 4.79 Å². The van der Waals surface area contributed by atoms with Crippen LogP contribution in [-0.4, -0.2) is 31.8 Å². The van der Waals surface area contributed by atoms with Gasteiger partial charge >= 0.3 is 0 Å². The van der Waals surface area contributed by atoms with Crippen molar-refractivity contribution in [3.63, 3.8) is 0 Å². The Morgan fingerprint density at radius 1 is 1.19 bits per heavy atom. The molecule has 2 aromatic rings. The van der Waals surface area contributed by atoms with Crippen LogP contribution in [0.2, 0.25) is 0 Å². The van der Waals surface area contributed by atoms with Gasteiger partial charge in [0.2, 0.25) is 11.8 Å². The summed E-state index contributed by atoms with van der Waals surface area (Å²) in [7, 11) is 0. The number of hydrogen-bond donors (Lipinski definition) is 2. The van der Waals surface area contributed by atoms with E-state index >= 15 is 0 Å². The molecule has 1 aliphatic carbocycles. The summed E-state index contributed by atoms with van der Waals surface area (Å²) in [5.74, 6) is 0.288. The Morgan fingerprint density at radius 3 is 2.48 bits per heavy atom. The van der Waals surface area contributed by atoms with Gasteiger partial charge in [-0.25, -0.2) is 0 Å². The lowest BCUT2D eigenvalue weighted by atomic mass is 9.95. The van der Waals surface area contributed by atoms with Gasteiger partial charge in [-0.05, 0) is 51.0 Å². The van der Waals surface area contributed by atoms with Crippen molar-refractivity contribution in [3.05, 3.63) is 35.7 Å². The van der Waals surface area contributed by atoms with Gasteiger partial charge in [0.1, 0.15) is 5.82 Å². The van der Waals surface area contributed by atoms with Crippen molar-refractivity contribution in [1.29, 1.82) is 0 Å². The fourth-order valence-electron chi connectivity index (χ4n) is 3.36. The largest absolute Gasteiger partial charge is 0.366 e. The van der Waals surface area contributed by atoms with E-state index in [-0.39, 0.29) is 11.2 Å². The second-order valence-corrected chi connectivity index (χ2v) is 8.19. The number of nitrogens with zero attached hydrogens (tertiary/aromatic N) is 3. The molecule has 1 saturated carbocycles. The van der Waals surface area contributed by atoms with E-state index in [9.17, 15) is 9.59 Å². The second-order valence-electron chi connectivity index (χ2n) is 6.88. The first kappa shape index (κ1) is 19.4. The van der Waals surface area contributed by atoms with E-state index in [4.69, 9.17) is 5.73 Å². The predicted molar refractivity (Wildman–Crippen MR) is 106 cm³/mol. The molecule has 1 fully saturated rings. The van der Waals surface area contributed by atoms with Crippen LogP contribution in [0.4, 0.5) is 5.69 Å². The molecule has 0 aliphatic heterocycles. The number of rotatable bonds is 6. The Balaban J connectivity index is 1.65. The van der Waals surface area contributed by atoms with Crippen molar-refractivity contribution in [2.24, 2.45) is 5.73 Å². The van der Waals surface area contributed by atoms with Crippen LogP contribution < -0.4 is 11.1 Å². The SMILES string of the molecule is Cc1nnc(SC(C)C(=O)Nc2ccc(C(N)=O)cc2)n1C1CCCCC1. The number of nitrogens with two attached hydrogens (primary N) is 1. The van der Waals surface area contributed by atoms with Crippen molar-refractivity contribution in [2.75, 3.05) is 5.32 Å². The maximum Gasteiger partial charge on any atom is 0.248 e. The highest BCUT2D eigenvalue weighted by atomic mass is 32.2. The molecule has 1 unspecified atom stereocenters. The summed E-state index contributed by atoms with van der Waals surface area (Å²) in [5.41, 5.74) is 6.27. The Labute approximate surface area is 163 Å². The van der Waals surface area contributed by atoms with E-state index in [0.29, 0.717) is 17.3 Å². The molecule has 1 heterocycles. The van der Waals surface area contributed by atoms with Gasteiger partial charge in [-0.15, -0.1) is 10.2 Å². The summed E-state index contributed by atoms with van der Waals surface area (Å²) >= 11 is 1.42. The van der Waals surface area contributed by atoms with Gasteiger partial charge in [0.15, 0.2) is 5.16 Å². The van der Waals surface area contributed by atoms with Gasteiger partial charge in [-0.3, -0.25) is 9.59 Å². The third-order valence-corrected chi connectivity index (χ3v) is 5.92. The molecule has 27 heavy (non-hydrogen) atoms. The normalized spacial score (nSPS) is 16.1. The number of anilines is 1. The Kier molecular flexibility index (Phi) is 6.15. The van der Waals surface area contributed by atoms with Gasteiger partial charge in [-0.2, -0.15) is 0 Å². The number of nitrogens with one attached hydrogen (secondary N) is 1.